The quantitative estimate of drug-likeness (QED) is 0.295. The summed E-state index contributed by atoms with van der Waals surface area (Å²) in [5.41, 5.74) is -0.216. The number of piperidine rings is 1. The van der Waals surface area contributed by atoms with E-state index < -0.39 is 0 Å². The molecule has 0 aromatic carbocycles. The molecule has 1 saturated heterocycles. The van der Waals surface area contributed by atoms with Gasteiger partial charge in [0, 0.05) is 32.8 Å². The number of carbonyl (C=O) groups is 1. The second kappa shape index (κ2) is 12.7. The van der Waals surface area contributed by atoms with Gasteiger partial charge in [-0.05, 0) is 52.6 Å². The number of aliphatic imine (C=N–C) groups is 1. The van der Waals surface area contributed by atoms with Crippen molar-refractivity contribution in [3.05, 3.63) is 0 Å². The van der Waals surface area contributed by atoms with Crippen LogP contribution in [0, 0.1) is 5.92 Å². The van der Waals surface area contributed by atoms with E-state index in [-0.39, 0.29) is 42.0 Å². The molecular weight excluding hydrogens is 433 g/mol. The van der Waals surface area contributed by atoms with E-state index in [1.54, 1.807) is 14.2 Å². The van der Waals surface area contributed by atoms with E-state index in [1.165, 1.54) is 12.8 Å². The monoisotopic (exact) mass is 469 g/mol. The summed E-state index contributed by atoms with van der Waals surface area (Å²) < 4.78 is 5.13. The summed E-state index contributed by atoms with van der Waals surface area (Å²) in [5.74, 6) is 1.29. The predicted octanol–water partition coefficient (Wildman–Crippen LogP) is 1.04. The van der Waals surface area contributed by atoms with Crippen molar-refractivity contribution in [3.63, 3.8) is 0 Å². The molecule has 0 aromatic heterocycles. The number of amides is 1. The first-order valence-electron chi connectivity index (χ1n) is 8.81. The fourth-order valence-corrected chi connectivity index (χ4v) is 2.72. The van der Waals surface area contributed by atoms with Gasteiger partial charge in [0.25, 0.3) is 0 Å². The molecule has 0 spiro atoms. The first-order chi connectivity index (χ1) is 11.3. The Hall–Kier alpha value is -0.610. The highest BCUT2D eigenvalue weighted by atomic mass is 127. The summed E-state index contributed by atoms with van der Waals surface area (Å²) in [5, 5.41) is 9.32. The zero-order valence-corrected chi connectivity index (χ0v) is 18.7. The number of nitrogens with one attached hydrogen (secondary N) is 3. The fraction of sp³-hybridized carbons (Fsp3) is 0.882. The molecule has 0 atom stereocenters. The molecule has 0 unspecified atom stereocenters. The predicted molar refractivity (Wildman–Crippen MR) is 114 cm³/mol. The van der Waals surface area contributed by atoms with Crippen LogP contribution in [0.15, 0.2) is 4.99 Å². The normalized spacial score (nSPS) is 16.9. The molecule has 0 aromatic rings. The molecule has 0 radical (unpaired) electrons. The van der Waals surface area contributed by atoms with Crippen molar-refractivity contribution < 1.29 is 9.53 Å². The minimum Gasteiger partial charge on any atom is -0.383 e. The van der Waals surface area contributed by atoms with Crippen molar-refractivity contribution in [2.75, 3.05) is 53.5 Å². The molecule has 0 saturated carbocycles. The molecule has 148 valence electrons. The van der Waals surface area contributed by atoms with Gasteiger partial charge in [0.15, 0.2) is 5.96 Å². The maximum absolute atomic E-state index is 11.8. The summed E-state index contributed by atoms with van der Waals surface area (Å²) in [4.78, 5) is 18.5. The van der Waals surface area contributed by atoms with Gasteiger partial charge in [-0.15, -0.1) is 24.0 Å². The third-order valence-electron chi connectivity index (χ3n) is 4.03. The minimum absolute atomic E-state index is 0. The summed E-state index contributed by atoms with van der Waals surface area (Å²) in [6.07, 6.45) is 2.36. The van der Waals surface area contributed by atoms with Crippen molar-refractivity contribution >= 4 is 35.8 Å². The lowest BCUT2D eigenvalue weighted by molar-refractivity contribution is -0.121. The fourth-order valence-electron chi connectivity index (χ4n) is 2.72. The summed E-state index contributed by atoms with van der Waals surface area (Å²) in [6, 6.07) is 0. The van der Waals surface area contributed by atoms with Crippen molar-refractivity contribution in [3.8, 4) is 0 Å². The zero-order chi connectivity index (χ0) is 18.0. The molecule has 1 amide bonds. The van der Waals surface area contributed by atoms with Gasteiger partial charge in [0.2, 0.25) is 5.91 Å². The molecule has 8 heteroatoms. The number of rotatable bonds is 7. The maximum atomic E-state index is 11.8. The van der Waals surface area contributed by atoms with Crippen LogP contribution in [0.1, 0.15) is 33.6 Å². The lowest BCUT2D eigenvalue weighted by Crippen LogP contribution is -2.49. The second-order valence-corrected chi connectivity index (χ2v) is 7.38. The van der Waals surface area contributed by atoms with Crippen molar-refractivity contribution in [1.82, 2.24) is 20.9 Å². The molecule has 1 rings (SSSR count). The average molecular weight is 469 g/mol. The molecule has 7 nitrogen and oxygen atoms in total. The van der Waals surface area contributed by atoms with E-state index in [2.05, 4.69) is 25.8 Å². The Balaban J connectivity index is 0.00000576. The Morgan fingerprint density at radius 1 is 1.24 bits per heavy atom. The Bertz CT molecular complexity index is 404. The average Bonchev–Trinajstić information content (AvgIpc) is 2.52. The van der Waals surface area contributed by atoms with Gasteiger partial charge in [-0.2, -0.15) is 0 Å². The molecule has 25 heavy (non-hydrogen) atoms. The van der Waals surface area contributed by atoms with Gasteiger partial charge in [-0.25, -0.2) is 0 Å². The number of carbonyl (C=O) groups excluding carboxylic acids is 1. The highest BCUT2D eigenvalue weighted by molar-refractivity contribution is 14.0. The number of ether oxygens (including phenoxy) is 1. The molecule has 1 heterocycles. The topological polar surface area (TPSA) is 78.0 Å². The van der Waals surface area contributed by atoms with Crippen LogP contribution in [0.2, 0.25) is 0 Å². The van der Waals surface area contributed by atoms with Crippen molar-refractivity contribution in [2.24, 2.45) is 10.9 Å². The first kappa shape index (κ1) is 24.4. The van der Waals surface area contributed by atoms with Gasteiger partial charge in [0.1, 0.15) is 0 Å². The molecule has 1 aliphatic heterocycles. The number of likely N-dealkylation sites (tertiary alicyclic amines) is 1. The number of methoxy groups -OCH3 is 1. The van der Waals surface area contributed by atoms with E-state index >= 15 is 0 Å². The van der Waals surface area contributed by atoms with Crippen LogP contribution >= 0.6 is 24.0 Å². The van der Waals surface area contributed by atoms with Crippen LogP contribution in [-0.2, 0) is 9.53 Å². The van der Waals surface area contributed by atoms with E-state index in [9.17, 15) is 4.79 Å². The van der Waals surface area contributed by atoms with E-state index in [4.69, 9.17) is 4.74 Å². The van der Waals surface area contributed by atoms with Gasteiger partial charge >= 0.3 is 0 Å². The largest absolute Gasteiger partial charge is 0.383 e. The highest BCUT2D eigenvalue weighted by Gasteiger charge is 2.19. The Morgan fingerprint density at radius 2 is 1.88 bits per heavy atom. The molecule has 0 bridgehead atoms. The molecule has 1 aliphatic rings. The Morgan fingerprint density at radius 3 is 2.40 bits per heavy atom. The first-order valence-corrected chi connectivity index (χ1v) is 8.81. The summed E-state index contributed by atoms with van der Waals surface area (Å²) in [7, 11) is 3.47. The molecule has 3 N–H and O–H groups in total. The van der Waals surface area contributed by atoms with E-state index in [1.807, 2.05) is 20.8 Å². The Kier molecular flexibility index (Phi) is 12.4. The van der Waals surface area contributed by atoms with Crippen molar-refractivity contribution in [1.29, 1.82) is 0 Å². The number of hydrogen-bond donors (Lipinski definition) is 3. The van der Waals surface area contributed by atoms with E-state index in [0.717, 1.165) is 32.8 Å². The van der Waals surface area contributed by atoms with Crippen molar-refractivity contribution in [2.45, 2.75) is 39.2 Å². The minimum atomic E-state index is -0.216. The van der Waals surface area contributed by atoms with Gasteiger partial charge < -0.3 is 25.6 Å². The summed E-state index contributed by atoms with van der Waals surface area (Å²) >= 11 is 0. The smallest absolute Gasteiger partial charge is 0.239 e. The molecular formula is C17H36IN5O2. The van der Waals surface area contributed by atoms with Crippen LogP contribution in [0.4, 0.5) is 0 Å². The van der Waals surface area contributed by atoms with Crippen LogP contribution in [-0.4, -0.2) is 75.8 Å². The number of halogens is 1. The third-order valence-corrected chi connectivity index (χ3v) is 4.03. The van der Waals surface area contributed by atoms with Gasteiger partial charge in [0.05, 0.1) is 13.2 Å². The third kappa shape index (κ3) is 11.6. The SMILES string of the molecule is CN=C(NCC(=O)NC(C)(C)C)NCC1CCN(CCOC)CC1.I. The second-order valence-electron chi connectivity index (χ2n) is 7.38. The lowest BCUT2D eigenvalue weighted by atomic mass is 9.97. The maximum Gasteiger partial charge on any atom is 0.239 e. The highest BCUT2D eigenvalue weighted by Crippen LogP contribution is 2.15. The molecule has 1 fully saturated rings. The standard InChI is InChI=1S/C17H35N5O2.HI/c1-17(2,3)21-15(23)13-20-16(18-4)19-12-14-6-8-22(9-7-14)10-11-24-5;/h14H,6-13H2,1-5H3,(H,21,23)(H2,18,19,20);1H. The number of nitrogens with zero attached hydrogens (tertiary/aromatic N) is 2. The summed E-state index contributed by atoms with van der Waals surface area (Å²) in [6.45, 7) is 11.1. The Labute approximate surface area is 169 Å². The number of hydrogen-bond acceptors (Lipinski definition) is 4. The van der Waals surface area contributed by atoms with Crippen LogP contribution in [0.25, 0.3) is 0 Å². The lowest BCUT2D eigenvalue weighted by Gasteiger charge is -2.32. The molecule has 0 aliphatic carbocycles. The van der Waals surface area contributed by atoms with Crippen LogP contribution in [0.3, 0.4) is 0 Å². The van der Waals surface area contributed by atoms with E-state index in [0.29, 0.717) is 11.9 Å². The number of guanidine groups is 1. The van der Waals surface area contributed by atoms with Gasteiger partial charge in [-0.3, -0.25) is 9.79 Å². The van der Waals surface area contributed by atoms with Gasteiger partial charge in [-0.1, -0.05) is 0 Å². The zero-order valence-electron chi connectivity index (χ0n) is 16.4. The van der Waals surface area contributed by atoms with Crippen LogP contribution < -0.4 is 16.0 Å². The van der Waals surface area contributed by atoms with Crippen LogP contribution in [0.5, 0.6) is 0 Å².